The second-order valence-corrected chi connectivity index (χ2v) is 14.6. The highest BCUT2D eigenvalue weighted by Gasteiger charge is 2.31. The number of hydrogen-bond acceptors (Lipinski definition) is 0. The van der Waals surface area contributed by atoms with E-state index in [0.717, 1.165) is 0 Å². The maximum atomic E-state index is 2.50. The summed E-state index contributed by atoms with van der Waals surface area (Å²) in [5, 5.41) is 0. The van der Waals surface area contributed by atoms with Crippen molar-refractivity contribution in [3.05, 3.63) is 0 Å². The minimum atomic E-state index is -0.606. The summed E-state index contributed by atoms with van der Waals surface area (Å²) >= 11 is 0. The van der Waals surface area contributed by atoms with Gasteiger partial charge in [0, 0.05) is 7.26 Å². The maximum absolute atomic E-state index is 2.50. The molecule has 0 aromatic carbocycles. The summed E-state index contributed by atoms with van der Waals surface area (Å²) < 4.78 is 0. The van der Waals surface area contributed by atoms with Crippen molar-refractivity contribution < 1.29 is 17.0 Å². The van der Waals surface area contributed by atoms with E-state index in [1.807, 2.05) is 0 Å². The zero-order chi connectivity index (χ0) is 21.5. The fourth-order valence-electron chi connectivity index (χ4n) is 4.84. The molecular formula is C28H60BrP. The first-order valence-electron chi connectivity index (χ1n) is 14.1. The Balaban J connectivity index is 0. The maximum Gasteiger partial charge on any atom is 0.0594 e. The molecule has 0 rings (SSSR count). The van der Waals surface area contributed by atoms with Gasteiger partial charge in [-0.25, -0.2) is 0 Å². The zero-order valence-corrected chi connectivity index (χ0v) is 24.3. The van der Waals surface area contributed by atoms with Crippen molar-refractivity contribution in [1.29, 1.82) is 0 Å². The molecule has 0 aromatic heterocycles. The quantitative estimate of drug-likeness (QED) is 0.0920. The van der Waals surface area contributed by atoms with Crippen LogP contribution in [0.5, 0.6) is 0 Å². The molecule has 30 heavy (non-hydrogen) atoms. The first-order valence-corrected chi connectivity index (χ1v) is 16.6. The summed E-state index contributed by atoms with van der Waals surface area (Å²) in [7, 11) is -0.606. The second-order valence-electron chi connectivity index (χ2n) is 9.79. The molecular weight excluding hydrogens is 447 g/mol. The summed E-state index contributed by atoms with van der Waals surface area (Å²) in [5.41, 5.74) is 0. The first kappa shape index (κ1) is 33.1. The van der Waals surface area contributed by atoms with E-state index in [1.165, 1.54) is 141 Å². The molecule has 0 fully saturated rings. The fraction of sp³-hybridized carbons (Fsp3) is 1.00. The van der Waals surface area contributed by atoms with Gasteiger partial charge in [-0.05, 0) is 39.5 Å². The Morgan fingerprint density at radius 2 is 0.567 bits per heavy atom. The van der Waals surface area contributed by atoms with Crippen LogP contribution in [0.2, 0.25) is 0 Å². The molecule has 0 radical (unpaired) electrons. The van der Waals surface area contributed by atoms with E-state index < -0.39 is 7.26 Å². The molecule has 0 heterocycles. The van der Waals surface area contributed by atoms with Crippen molar-refractivity contribution in [1.82, 2.24) is 0 Å². The molecule has 0 atom stereocenters. The molecule has 0 unspecified atom stereocenters. The Kier molecular flexibility index (Phi) is 28.9. The van der Waals surface area contributed by atoms with Gasteiger partial charge in [-0.1, -0.05) is 117 Å². The third kappa shape index (κ3) is 20.8. The average Bonchev–Trinajstić information content (AvgIpc) is 2.75. The Labute approximate surface area is 204 Å². The number of unbranched alkanes of at least 4 members (excludes halogenated alkanes) is 18. The molecule has 0 amide bonds. The summed E-state index contributed by atoms with van der Waals surface area (Å²) in [6, 6.07) is 0. The van der Waals surface area contributed by atoms with Gasteiger partial charge in [-0.2, -0.15) is 0 Å². The van der Waals surface area contributed by atoms with Crippen molar-refractivity contribution in [2.45, 2.75) is 156 Å². The standard InChI is InChI=1S/C28H60P.BrH/c1-5-9-11-13-15-17-19-21-23-25-27-29(7-3,8-4)28-26-24-22-20-18-16-14-12-10-6-2;/h5-28H2,1-4H3;1H/q+1;/p-1. The van der Waals surface area contributed by atoms with Crippen molar-refractivity contribution in [3.8, 4) is 0 Å². The van der Waals surface area contributed by atoms with E-state index in [9.17, 15) is 0 Å². The smallest absolute Gasteiger partial charge is 0.0594 e. The highest BCUT2D eigenvalue weighted by molar-refractivity contribution is 7.75. The van der Waals surface area contributed by atoms with Crippen LogP contribution < -0.4 is 17.0 Å². The van der Waals surface area contributed by atoms with Gasteiger partial charge in [0.1, 0.15) is 0 Å². The lowest BCUT2D eigenvalue weighted by atomic mass is 10.1. The van der Waals surface area contributed by atoms with Crippen molar-refractivity contribution in [2.24, 2.45) is 0 Å². The van der Waals surface area contributed by atoms with Crippen LogP contribution >= 0.6 is 7.26 Å². The molecule has 0 N–H and O–H groups in total. The van der Waals surface area contributed by atoms with Gasteiger partial charge in [0.25, 0.3) is 0 Å². The monoisotopic (exact) mass is 506 g/mol. The fourth-order valence-corrected chi connectivity index (χ4v) is 8.56. The highest BCUT2D eigenvalue weighted by Crippen LogP contribution is 2.59. The van der Waals surface area contributed by atoms with Crippen molar-refractivity contribution in [3.63, 3.8) is 0 Å². The van der Waals surface area contributed by atoms with E-state index in [0.29, 0.717) is 0 Å². The van der Waals surface area contributed by atoms with Crippen molar-refractivity contribution >= 4 is 7.26 Å². The van der Waals surface area contributed by atoms with E-state index >= 15 is 0 Å². The third-order valence-corrected chi connectivity index (χ3v) is 12.5. The molecule has 0 aromatic rings. The van der Waals surface area contributed by atoms with Crippen LogP contribution in [0.4, 0.5) is 0 Å². The lowest BCUT2D eigenvalue weighted by Gasteiger charge is -2.25. The third-order valence-electron chi connectivity index (χ3n) is 7.31. The van der Waals surface area contributed by atoms with Crippen LogP contribution in [0, 0.1) is 0 Å². The lowest BCUT2D eigenvalue weighted by Crippen LogP contribution is -3.00. The van der Waals surface area contributed by atoms with Gasteiger partial charge < -0.3 is 17.0 Å². The van der Waals surface area contributed by atoms with Crippen molar-refractivity contribution in [2.75, 3.05) is 24.6 Å². The summed E-state index contributed by atoms with van der Waals surface area (Å²) in [6.07, 6.45) is 35.8. The minimum absolute atomic E-state index is 0. The zero-order valence-electron chi connectivity index (χ0n) is 21.8. The number of halogens is 1. The SMILES string of the molecule is CCCCCCCCCCCC[P+](CC)(CC)CCCCCCCCCCCC.[Br-]. The molecule has 2 heteroatoms. The van der Waals surface area contributed by atoms with Crippen LogP contribution in [0.3, 0.4) is 0 Å². The van der Waals surface area contributed by atoms with Crippen LogP contribution in [-0.4, -0.2) is 24.6 Å². The molecule has 0 spiro atoms. The summed E-state index contributed by atoms with van der Waals surface area (Å²) in [6.45, 7) is 9.63. The number of rotatable bonds is 24. The Morgan fingerprint density at radius 3 is 0.800 bits per heavy atom. The summed E-state index contributed by atoms with van der Waals surface area (Å²) in [5.74, 6) is 0. The van der Waals surface area contributed by atoms with E-state index in [2.05, 4.69) is 27.7 Å². The van der Waals surface area contributed by atoms with E-state index in [-0.39, 0.29) is 17.0 Å². The van der Waals surface area contributed by atoms with Gasteiger partial charge >= 0.3 is 0 Å². The van der Waals surface area contributed by atoms with E-state index in [1.54, 1.807) is 12.3 Å². The molecule has 184 valence electrons. The predicted octanol–water partition coefficient (Wildman–Crippen LogP) is 7.89. The highest BCUT2D eigenvalue weighted by atomic mass is 79.9. The van der Waals surface area contributed by atoms with Gasteiger partial charge in [-0.15, -0.1) is 0 Å². The minimum Gasteiger partial charge on any atom is -1.00 e. The topological polar surface area (TPSA) is 0 Å². The first-order chi connectivity index (χ1) is 14.2. The Hall–Kier alpha value is 0.910. The van der Waals surface area contributed by atoms with E-state index in [4.69, 9.17) is 0 Å². The average molecular weight is 508 g/mol. The molecule has 0 saturated carbocycles. The van der Waals surface area contributed by atoms with Gasteiger partial charge in [0.2, 0.25) is 0 Å². The molecule has 0 bridgehead atoms. The van der Waals surface area contributed by atoms with Gasteiger partial charge in [0.15, 0.2) is 0 Å². The molecule has 0 aliphatic rings. The van der Waals surface area contributed by atoms with Crippen LogP contribution in [0.25, 0.3) is 0 Å². The molecule has 0 saturated heterocycles. The molecule has 0 aliphatic carbocycles. The lowest BCUT2D eigenvalue weighted by molar-refractivity contribution is -0.00000664. The van der Waals surface area contributed by atoms with Gasteiger partial charge in [-0.3, -0.25) is 0 Å². The number of hydrogen-bond donors (Lipinski definition) is 0. The van der Waals surface area contributed by atoms with Crippen LogP contribution in [0.1, 0.15) is 156 Å². The summed E-state index contributed by atoms with van der Waals surface area (Å²) in [4.78, 5) is 0. The molecule has 0 nitrogen and oxygen atoms in total. The second kappa shape index (κ2) is 26.2. The van der Waals surface area contributed by atoms with Gasteiger partial charge in [0.05, 0.1) is 24.6 Å². The van der Waals surface area contributed by atoms with Crippen LogP contribution in [-0.2, 0) is 0 Å². The Bertz CT molecular complexity index is 275. The van der Waals surface area contributed by atoms with Crippen LogP contribution in [0.15, 0.2) is 0 Å². The largest absolute Gasteiger partial charge is 1.00 e. The Morgan fingerprint density at radius 1 is 0.333 bits per heavy atom. The normalized spacial score (nSPS) is 11.6. The molecule has 0 aliphatic heterocycles. The predicted molar refractivity (Wildman–Crippen MR) is 141 cm³/mol.